The van der Waals surface area contributed by atoms with Gasteiger partial charge >= 0.3 is 0 Å². The molecular formula is C13H12FN5S. The maximum atomic E-state index is 13.1. The highest BCUT2D eigenvalue weighted by atomic mass is 32.2. The van der Waals surface area contributed by atoms with Crippen molar-refractivity contribution in [2.75, 3.05) is 0 Å². The average molecular weight is 289 g/mol. The number of thioether (sulfide) groups is 1. The van der Waals surface area contributed by atoms with E-state index in [9.17, 15) is 4.39 Å². The molecule has 5 nitrogen and oxygen atoms in total. The number of hydrogen-bond donors (Lipinski definition) is 0. The monoisotopic (exact) mass is 289 g/mol. The topological polar surface area (TPSA) is 56.5 Å². The summed E-state index contributed by atoms with van der Waals surface area (Å²) in [5.41, 5.74) is 2.32. The zero-order chi connectivity index (χ0) is 13.9. The Hall–Kier alpha value is -2.02. The number of benzene rings is 1. The van der Waals surface area contributed by atoms with Gasteiger partial charge in [-0.3, -0.25) is 0 Å². The molecule has 102 valence electrons. The third kappa shape index (κ3) is 2.49. The van der Waals surface area contributed by atoms with Gasteiger partial charge < -0.3 is 0 Å². The zero-order valence-corrected chi connectivity index (χ0v) is 11.6. The van der Waals surface area contributed by atoms with Crippen LogP contribution in [0.3, 0.4) is 0 Å². The summed E-state index contributed by atoms with van der Waals surface area (Å²) < 4.78 is 14.9. The van der Waals surface area contributed by atoms with Crippen LogP contribution >= 0.6 is 11.8 Å². The van der Waals surface area contributed by atoms with E-state index >= 15 is 0 Å². The zero-order valence-electron chi connectivity index (χ0n) is 10.8. The summed E-state index contributed by atoms with van der Waals surface area (Å²) in [5.74, 6) is 0.399. The van der Waals surface area contributed by atoms with Crippen LogP contribution in [-0.4, -0.2) is 25.0 Å². The fourth-order valence-electron chi connectivity index (χ4n) is 1.87. The van der Waals surface area contributed by atoms with Crippen LogP contribution in [0.5, 0.6) is 0 Å². The predicted molar refractivity (Wildman–Crippen MR) is 74.8 cm³/mol. The number of halogens is 1. The molecule has 0 aliphatic rings. The van der Waals surface area contributed by atoms with Crippen molar-refractivity contribution in [3.8, 4) is 0 Å². The summed E-state index contributed by atoms with van der Waals surface area (Å²) >= 11 is 1.50. The summed E-state index contributed by atoms with van der Waals surface area (Å²) in [5, 5.41) is 8.91. The highest BCUT2D eigenvalue weighted by molar-refractivity contribution is 7.98. The molecule has 0 saturated heterocycles. The molecule has 0 bridgehead atoms. The lowest BCUT2D eigenvalue weighted by Crippen LogP contribution is -1.97. The van der Waals surface area contributed by atoms with E-state index in [1.165, 1.54) is 30.2 Å². The fraction of sp³-hybridized carbons (Fsp3) is 0.231. The molecule has 0 spiro atoms. The molecule has 0 fully saturated rings. The van der Waals surface area contributed by atoms with Crippen LogP contribution in [0.2, 0.25) is 0 Å². The first-order valence-corrected chi connectivity index (χ1v) is 7.18. The lowest BCUT2D eigenvalue weighted by molar-refractivity contribution is 0.626. The molecule has 3 aromatic rings. The summed E-state index contributed by atoms with van der Waals surface area (Å²) in [4.78, 5) is 8.43. The van der Waals surface area contributed by atoms with E-state index in [1.54, 1.807) is 10.7 Å². The van der Waals surface area contributed by atoms with Gasteiger partial charge in [-0.25, -0.2) is 19.0 Å². The Morgan fingerprint density at radius 3 is 3.00 bits per heavy atom. The minimum absolute atomic E-state index is 0.229. The molecule has 0 aliphatic heterocycles. The minimum atomic E-state index is -0.229. The van der Waals surface area contributed by atoms with Crippen LogP contribution in [0.4, 0.5) is 4.39 Å². The van der Waals surface area contributed by atoms with Crippen LogP contribution in [0.15, 0.2) is 35.6 Å². The van der Waals surface area contributed by atoms with Crippen molar-refractivity contribution in [1.82, 2.24) is 25.0 Å². The van der Waals surface area contributed by atoms with Crippen LogP contribution in [0.1, 0.15) is 12.5 Å². The smallest absolute Gasteiger partial charge is 0.182 e. The SMILES string of the molecule is CCn1nnc2c(SCc3cccc(F)c3)ncnc21. The first-order chi connectivity index (χ1) is 9.78. The third-order valence-electron chi connectivity index (χ3n) is 2.83. The molecule has 2 aromatic heterocycles. The fourth-order valence-corrected chi connectivity index (χ4v) is 2.74. The molecule has 0 unspecified atom stereocenters. The number of nitrogens with zero attached hydrogens (tertiary/aromatic N) is 5. The van der Waals surface area contributed by atoms with E-state index in [1.807, 2.05) is 13.0 Å². The van der Waals surface area contributed by atoms with Crippen molar-refractivity contribution in [1.29, 1.82) is 0 Å². The quantitative estimate of drug-likeness (QED) is 0.546. The van der Waals surface area contributed by atoms with Gasteiger partial charge in [-0.2, -0.15) is 0 Å². The second-order valence-corrected chi connectivity index (χ2v) is 5.14. The van der Waals surface area contributed by atoms with E-state index in [0.717, 1.165) is 16.2 Å². The van der Waals surface area contributed by atoms with Gasteiger partial charge in [0.2, 0.25) is 0 Å². The van der Waals surface area contributed by atoms with Crippen LogP contribution in [0.25, 0.3) is 11.2 Å². The Kier molecular flexibility index (Phi) is 3.60. The lowest BCUT2D eigenvalue weighted by atomic mass is 10.2. The summed E-state index contributed by atoms with van der Waals surface area (Å²) in [6.07, 6.45) is 1.51. The average Bonchev–Trinajstić information content (AvgIpc) is 2.89. The molecule has 0 saturated carbocycles. The molecule has 0 aliphatic carbocycles. The molecule has 0 atom stereocenters. The highest BCUT2D eigenvalue weighted by Crippen LogP contribution is 2.25. The number of aromatic nitrogens is 5. The van der Waals surface area contributed by atoms with Gasteiger partial charge in [0, 0.05) is 12.3 Å². The molecule has 0 amide bonds. The standard InChI is InChI=1S/C13H12FN5S/c1-2-19-12-11(17-18-19)13(16-8-15-12)20-7-9-4-3-5-10(14)6-9/h3-6,8H,2,7H2,1H3. The normalized spacial score (nSPS) is 11.1. The Labute approximate surface area is 119 Å². The van der Waals surface area contributed by atoms with Crippen molar-refractivity contribution in [2.24, 2.45) is 0 Å². The molecule has 20 heavy (non-hydrogen) atoms. The van der Waals surface area contributed by atoms with Gasteiger partial charge in [-0.05, 0) is 24.6 Å². The van der Waals surface area contributed by atoms with E-state index < -0.39 is 0 Å². The van der Waals surface area contributed by atoms with Crippen LogP contribution < -0.4 is 0 Å². The van der Waals surface area contributed by atoms with Gasteiger partial charge in [0.25, 0.3) is 0 Å². The summed E-state index contributed by atoms with van der Waals surface area (Å²) in [7, 11) is 0. The van der Waals surface area contributed by atoms with Crippen molar-refractivity contribution < 1.29 is 4.39 Å². The molecule has 0 radical (unpaired) electrons. The van der Waals surface area contributed by atoms with Crippen LogP contribution in [-0.2, 0) is 12.3 Å². The number of aryl methyl sites for hydroxylation is 1. The predicted octanol–water partition coefficient (Wildman–Crippen LogP) is 2.67. The van der Waals surface area contributed by atoms with Gasteiger partial charge in [-0.15, -0.1) is 5.10 Å². The number of hydrogen-bond acceptors (Lipinski definition) is 5. The van der Waals surface area contributed by atoms with Gasteiger partial charge in [0.1, 0.15) is 17.2 Å². The minimum Gasteiger partial charge on any atom is -0.227 e. The maximum Gasteiger partial charge on any atom is 0.182 e. The second-order valence-electron chi connectivity index (χ2n) is 4.17. The van der Waals surface area contributed by atoms with Gasteiger partial charge in [0.15, 0.2) is 11.2 Å². The molecule has 3 rings (SSSR count). The van der Waals surface area contributed by atoms with Gasteiger partial charge in [-0.1, -0.05) is 29.1 Å². The van der Waals surface area contributed by atoms with E-state index in [-0.39, 0.29) is 5.82 Å². The van der Waals surface area contributed by atoms with Crippen molar-refractivity contribution in [3.63, 3.8) is 0 Å². The van der Waals surface area contributed by atoms with Crippen molar-refractivity contribution >= 4 is 22.9 Å². The third-order valence-corrected chi connectivity index (χ3v) is 3.88. The van der Waals surface area contributed by atoms with Crippen molar-refractivity contribution in [2.45, 2.75) is 24.2 Å². The first kappa shape index (κ1) is 13.0. The Morgan fingerprint density at radius 2 is 2.20 bits per heavy atom. The molecule has 1 aromatic carbocycles. The summed E-state index contributed by atoms with van der Waals surface area (Å²) in [6.45, 7) is 2.69. The maximum absolute atomic E-state index is 13.1. The van der Waals surface area contributed by atoms with Gasteiger partial charge in [0.05, 0.1) is 0 Å². The van der Waals surface area contributed by atoms with Crippen LogP contribution in [0, 0.1) is 5.82 Å². The largest absolute Gasteiger partial charge is 0.227 e. The molecular weight excluding hydrogens is 277 g/mol. The van der Waals surface area contributed by atoms with E-state index in [0.29, 0.717) is 17.8 Å². The van der Waals surface area contributed by atoms with E-state index in [4.69, 9.17) is 0 Å². The second kappa shape index (κ2) is 5.54. The molecule has 2 heterocycles. The summed E-state index contributed by atoms with van der Waals surface area (Å²) in [6, 6.07) is 6.55. The highest BCUT2D eigenvalue weighted by Gasteiger charge is 2.11. The Balaban J connectivity index is 1.86. The first-order valence-electron chi connectivity index (χ1n) is 6.19. The number of rotatable bonds is 4. The molecule has 7 heteroatoms. The Morgan fingerprint density at radius 1 is 1.30 bits per heavy atom. The molecule has 0 N–H and O–H groups in total. The lowest BCUT2D eigenvalue weighted by Gasteiger charge is -2.02. The number of fused-ring (bicyclic) bond motifs is 1. The van der Waals surface area contributed by atoms with Crippen molar-refractivity contribution in [3.05, 3.63) is 42.0 Å². The van der Waals surface area contributed by atoms with E-state index in [2.05, 4.69) is 20.3 Å². The Bertz CT molecular complexity index is 742.